The van der Waals surface area contributed by atoms with Crippen molar-refractivity contribution >= 4 is 38.9 Å². The SMILES string of the molecule is CCCCCCc1cc(-c2ccc3c(c2)c2ccccc2n3-c2ccc(-c3ccc(-c4ccc(-c5ccccc5)cc4)cc3)cc2)c(CCCCCC)cc1-c1ccc(N(c2ccc(-c3ccc(CCC)cc3)cc2)c2ccc(-c3ccc(-c4ccc(-c5ccccc5)cc4)cc3)cc2)cc1. The Morgan fingerprint density at radius 3 is 0.941 bits per heavy atom. The molecule has 0 fully saturated rings. The van der Waals surface area contributed by atoms with E-state index in [9.17, 15) is 0 Å². The van der Waals surface area contributed by atoms with E-state index in [0.29, 0.717) is 0 Å². The zero-order valence-corrected chi connectivity index (χ0v) is 58.6. The Labute approximate surface area is 598 Å². The number of rotatable bonds is 25. The molecule has 15 rings (SSSR count). The van der Waals surface area contributed by atoms with Gasteiger partial charge >= 0.3 is 0 Å². The molecule has 2 heteroatoms. The minimum atomic E-state index is 1.03. The number of hydrogen-bond acceptors (Lipinski definition) is 1. The van der Waals surface area contributed by atoms with Crippen LogP contribution in [-0.2, 0) is 19.3 Å². The predicted octanol–water partition coefficient (Wildman–Crippen LogP) is 28.5. The molecule has 0 saturated carbocycles. The molecule has 1 aromatic heterocycles. The van der Waals surface area contributed by atoms with Crippen LogP contribution in [0, 0.1) is 0 Å². The molecule has 0 unspecified atom stereocenters. The molecule has 0 aliphatic carbocycles. The smallest absolute Gasteiger partial charge is 0.0541 e. The Morgan fingerprint density at radius 2 is 0.545 bits per heavy atom. The number of benzene rings is 14. The molecule has 0 saturated heterocycles. The van der Waals surface area contributed by atoms with Gasteiger partial charge in [-0.15, -0.1) is 0 Å². The summed E-state index contributed by atoms with van der Waals surface area (Å²) in [4.78, 5) is 2.42. The van der Waals surface area contributed by atoms with E-state index < -0.39 is 0 Å². The van der Waals surface area contributed by atoms with Gasteiger partial charge in [0.05, 0.1) is 11.0 Å². The number of unbranched alkanes of at least 4 members (excludes halogenated alkanes) is 6. The van der Waals surface area contributed by atoms with E-state index in [4.69, 9.17) is 0 Å². The van der Waals surface area contributed by atoms with Crippen LogP contribution in [0.15, 0.2) is 334 Å². The lowest BCUT2D eigenvalue weighted by atomic mass is 9.86. The number of aromatic nitrogens is 1. The van der Waals surface area contributed by atoms with Crippen molar-refractivity contribution in [2.45, 2.75) is 97.8 Å². The van der Waals surface area contributed by atoms with Crippen molar-refractivity contribution in [2.75, 3.05) is 4.90 Å². The molecule has 0 N–H and O–H groups in total. The van der Waals surface area contributed by atoms with Crippen LogP contribution in [0.25, 0.3) is 128 Å². The fraction of sp³-hybridized carbons (Fsp3) is 0.152. The molecule has 0 aliphatic rings. The minimum absolute atomic E-state index is 1.03. The van der Waals surface area contributed by atoms with Gasteiger partial charge in [-0.3, -0.25) is 0 Å². The summed E-state index contributed by atoms with van der Waals surface area (Å²) in [6.45, 7) is 6.88. The highest BCUT2D eigenvalue weighted by Gasteiger charge is 2.20. The number of para-hydroxylation sites is 1. The van der Waals surface area contributed by atoms with E-state index in [1.54, 1.807) is 0 Å². The fourth-order valence-electron chi connectivity index (χ4n) is 15.0. The first-order chi connectivity index (χ1) is 49.9. The number of nitrogens with zero attached hydrogens (tertiary/aromatic N) is 2. The zero-order valence-electron chi connectivity index (χ0n) is 58.6. The molecule has 15 aromatic rings. The highest BCUT2D eigenvalue weighted by Crippen LogP contribution is 2.43. The van der Waals surface area contributed by atoms with Gasteiger partial charge in [0.15, 0.2) is 0 Å². The summed E-state index contributed by atoms with van der Waals surface area (Å²) in [5, 5.41) is 2.55. The van der Waals surface area contributed by atoms with Gasteiger partial charge in [-0.05, 0) is 216 Å². The van der Waals surface area contributed by atoms with Crippen molar-refractivity contribution in [2.24, 2.45) is 0 Å². The Kier molecular flexibility index (Phi) is 20.0. The van der Waals surface area contributed by atoms with Crippen molar-refractivity contribution in [3.05, 3.63) is 350 Å². The van der Waals surface area contributed by atoms with E-state index in [2.05, 4.69) is 364 Å². The summed E-state index contributed by atoms with van der Waals surface area (Å²) in [6, 6.07) is 125. The summed E-state index contributed by atoms with van der Waals surface area (Å²) in [6.07, 6.45) is 14.0. The van der Waals surface area contributed by atoms with Crippen LogP contribution >= 0.6 is 0 Å². The maximum Gasteiger partial charge on any atom is 0.0541 e. The van der Waals surface area contributed by atoms with Crippen LogP contribution < -0.4 is 4.90 Å². The van der Waals surface area contributed by atoms with Crippen LogP contribution in [0.2, 0.25) is 0 Å². The normalized spacial score (nSPS) is 11.4. The zero-order chi connectivity index (χ0) is 68.3. The van der Waals surface area contributed by atoms with Crippen LogP contribution in [0.3, 0.4) is 0 Å². The highest BCUT2D eigenvalue weighted by atomic mass is 15.1. The summed E-state index contributed by atoms with van der Waals surface area (Å²) in [7, 11) is 0. The Hall–Kier alpha value is -11.3. The number of aryl methyl sites for hydroxylation is 3. The first-order valence-electron chi connectivity index (χ1n) is 37.0. The van der Waals surface area contributed by atoms with Crippen LogP contribution in [0.5, 0.6) is 0 Å². The topological polar surface area (TPSA) is 8.17 Å². The second-order valence-corrected chi connectivity index (χ2v) is 27.4. The molecule has 0 atom stereocenters. The van der Waals surface area contributed by atoms with Crippen molar-refractivity contribution in [1.82, 2.24) is 4.57 Å². The predicted molar refractivity (Wildman–Crippen MR) is 434 cm³/mol. The maximum atomic E-state index is 2.60. The lowest BCUT2D eigenvalue weighted by Crippen LogP contribution is -2.10. The number of fused-ring (bicyclic) bond motifs is 3. The average Bonchev–Trinajstić information content (AvgIpc) is 1.59. The molecule has 0 radical (unpaired) electrons. The van der Waals surface area contributed by atoms with E-state index >= 15 is 0 Å². The highest BCUT2D eigenvalue weighted by molar-refractivity contribution is 6.10. The molecule has 0 spiro atoms. The molecule has 0 amide bonds. The van der Waals surface area contributed by atoms with E-state index in [0.717, 1.165) is 61.3 Å². The second kappa shape index (κ2) is 30.8. The first kappa shape index (κ1) is 65.6. The van der Waals surface area contributed by atoms with Crippen LogP contribution in [-0.4, -0.2) is 4.57 Å². The Balaban J connectivity index is 0.742. The number of hydrogen-bond donors (Lipinski definition) is 0. The quantitative estimate of drug-likeness (QED) is 0.0518. The first-order valence-corrected chi connectivity index (χ1v) is 37.0. The molecule has 494 valence electrons. The number of anilines is 3. The van der Waals surface area contributed by atoms with Gasteiger partial charge in [0, 0.05) is 33.5 Å². The van der Waals surface area contributed by atoms with Crippen molar-refractivity contribution in [3.63, 3.8) is 0 Å². The monoisotopic (exact) mass is 1300 g/mol. The van der Waals surface area contributed by atoms with E-state index in [1.807, 2.05) is 0 Å². The van der Waals surface area contributed by atoms with E-state index in [-0.39, 0.29) is 0 Å². The van der Waals surface area contributed by atoms with Crippen molar-refractivity contribution < 1.29 is 0 Å². The van der Waals surface area contributed by atoms with Crippen LogP contribution in [0.1, 0.15) is 95.2 Å². The van der Waals surface area contributed by atoms with Crippen molar-refractivity contribution in [3.8, 4) is 106 Å². The Bertz CT molecular complexity index is 5200. The molecule has 101 heavy (non-hydrogen) atoms. The van der Waals surface area contributed by atoms with Gasteiger partial charge in [-0.1, -0.05) is 333 Å². The standard InChI is InChI=1S/C99H88N2/c1-4-7-9-13-26-87-69-96(89-58-67-99-97(70-89)94-28-19-20-29-98(94)101(99)93-63-54-85(55-64-93)82-48-44-80(45-49-82)78-40-36-76(37-41-78)73-24-17-12-18-25-73)88(27-14-10-8-5-2)68-95(87)86-56-65-92(66-57-86)100(90-59-50-83(51-60-90)74-32-30-71(21-6-3)31-33-74)91-61-52-84(53-62-91)81-46-42-79(43-47-81)77-38-34-75(35-39-77)72-22-15-11-16-23-72/h11-12,15-20,22-25,28-70H,4-10,13-14,21,26-27H2,1-3H3. The molecular formula is C99H88N2. The fourth-order valence-corrected chi connectivity index (χ4v) is 15.0. The van der Waals surface area contributed by atoms with Gasteiger partial charge in [-0.25, -0.2) is 0 Å². The largest absolute Gasteiger partial charge is 0.311 e. The summed E-state index contributed by atoms with van der Waals surface area (Å²) >= 11 is 0. The summed E-state index contributed by atoms with van der Waals surface area (Å²) in [5.74, 6) is 0. The molecule has 0 aliphatic heterocycles. The molecule has 1 heterocycles. The maximum absolute atomic E-state index is 2.60. The molecule has 14 aromatic carbocycles. The second-order valence-electron chi connectivity index (χ2n) is 27.4. The molecular weight excluding hydrogens is 1220 g/mol. The Morgan fingerprint density at radius 1 is 0.228 bits per heavy atom. The third kappa shape index (κ3) is 14.6. The lowest BCUT2D eigenvalue weighted by Gasteiger charge is -2.26. The lowest BCUT2D eigenvalue weighted by molar-refractivity contribution is 0.664. The van der Waals surface area contributed by atoms with Gasteiger partial charge in [-0.2, -0.15) is 0 Å². The average molecular weight is 1310 g/mol. The van der Waals surface area contributed by atoms with Gasteiger partial charge in [0.1, 0.15) is 0 Å². The molecule has 2 nitrogen and oxygen atoms in total. The van der Waals surface area contributed by atoms with Gasteiger partial charge < -0.3 is 9.47 Å². The van der Waals surface area contributed by atoms with Gasteiger partial charge in [0.2, 0.25) is 0 Å². The summed E-state index contributed by atoms with van der Waals surface area (Å²) in [5.41, 5.74) is 33.5. The van der Waals surface area contributed by atoms with Crippen molar-refractivity contribution in [1.29, 1.82) is 0 Å². The summed E-state index contributed by atoms with van der Waals surface area (Å²) < 4.78 is 2.46. The van der Waals surface area contributed by atoms with Gasteiger partial charge in [0.25, 0.3) is 0 Å². The van der Waals surface area contributed by atoms with Crippen LogP contribution in [0.4, 0.5) is 17.1 Å². The third-order valence-corrected chi connectivity index (χ3v) is 20.6. The minimum Gasteiger partial charge on any atom is -0.311 e. The third-order valence-electron chi connectivity index (χ3n) is 20.6. The molecule has 0 bridgehead atoms. The van der Waals surface area contributed by atoms with E-state index in [1.165, 1.54) is 177 Å².